The number of hydrogen-bond donors (Lipinski definition) is 2. The lowest BCUT2D eigenvalue weighted by molar-refractivity contribution is 0.367. The Hall–Kier alpha value is -1.14. The Morgan fingerprint density at radius 3 is 2.83 bits per heavy atom. The maximum Gasteiger partial charge on any atom is 0.102 e. The average molecular weight is 386 g/mol. The van der Waals surface area contributed by atoms with Crippen LogP contribution in [0, 0.1) is 0 Å². The summed E-state index contributed by atoms with van der Waals surface area (Å²) >= 11 is 13.9. The highest BCUT2D eigenvalue weighted by Gasteiger charge is 2.07. The number of rotatable bonds is 9. The summed E-state index contributed by atoms with van der Waals surface area (Å²) in [6.07, 6.45) is 4.59. The van der Waals surface area contributed by atoms with Crippen molar-refractivity contribution in [2.45, 2.75) is 25.3 Å². The first-order valence-electron chi connectivity index (χ1n) is 7.68. The molecule has 0 aliphatic rings. The maximum absolute atomic E-state index is 9.15. The first-order chi connectivity index (χ1) is 11.5. The molecule has 3 N–H and O–H groups in total. The van der Waals surface area contributed by atoms with E-state index in [1.54, 1.807) is 16.8 Å². The number of aryl methyl sites for hydroxylation is 1. The van der Waals surface area contributed by atoms with Gasteiger partial charge in [-0.05, 0) is 55.0 Å². The highest BCUT2D eigenvalue weighted by Crippen LogP contribution is 2.24. The summed E-state index contributed by atoms with van der Waals surface area (Å²) in [5.41, 5.74) is 7.56. The lowest BCUT2D eigenvalue weighted by Gasteiger charge is -2.08. The summed E-state index contributed by atoms with van der Waals surface area (Å²) in [6, 6.07) is 7.04. The van der Waals surface area contributed by atoms with Crippen LogP contribution in [-0.4, -0.2) is 32.4 Å². The van der Waals surface area contributed by atoms with Gasteiger partial charge in [-0.1, -0.05) is 29.8 Å². The number of halogens is 2. The van der Waals surface area contributed by atoms with Gasteiger partial charge in [0.2, 0.25) is 0 Å². The molecule has 2 rings (SSSR count). The first-order valence-corrected chi connectivity index (χ1v) is 9.59. The third-order valence-electron chi connectivity index (χ3n) is 3.52. The second kappa shape index (κ2) is 9.37. The molecule has 0 spiro atoms. The first kappa shape index (κ1) is 19.2. The van der Waals surface area contributed by atoms with Gasteiger partial charge in [0.25, 0.3) is 0 Å². The third-order valence-corrected chi connectivity index (χ3v) is 5.16. The molecule has 0 fully saturated rings. The number of benzene rings is 1. The van der Waals surface area contributed by atoms with Crippen molar-refractivity contribution in [1.29, 1.82) is 0 Å². The Balaban J connectivity index is 1.75. The fourth-order valence-corrected chi connectivity index (χ4v) is 3.60. The quantitative estimate of drug-likeness (QED) is 0.487. The normalized spacial score (nSPS) is 12.3. The average Bonchev–Trinajstić information content (AvgIpc) is 2.98. The summed E-state index contributed by atoms with van der Waals surface area (Å²) in [5.74, 6) is 2.00. The Morgan fingerprint density at radius 2 is 2.12 bits per heavy atom. The lowest BCUT2D eigenvalue weighted by atomic mass is 10.2. The number of hydrogen-bond acceptors (Lipinski definition) is 4. The topological polar surface area (TPSA) is 64.1 Å². The minimum atomic E-state index is -0.322. The molecule has 4 nitrogen and oxygen atoms in total. The summed E-state index contributed by atoms with van der Waals surface area (Å²) in [6.45, 7) is 3.44. The molecule has 1 atom stereocenters. The Kier molecular flexibility index (Phi) is 7.49. The van der Waals surface area contributed by atoms with Crippen LogP contribution in [0.15, 0.2) is 42.8 Å². The zero-order valence-electron chi connectivity index (χ0n) is 13.3. The number of nitrogens with zero attached hydrogens (tertiary/aromatic N) is 2. The molecule has 0 aliphatic carbocycles. The van der Waals surface area contributed by atoms with Gasteiger partial charge in [0, 0.05) is 11.2 Å². The van der Waals surface area contributed by atoms with Crippen LogP contribution in [0.4, 0.5) is 0 Å². The monoisotopic (exact) mass is 385 g/mol. The van der Waals surface area contributed by atoms with Crippen molar-refractivity contribution in [3.05, 3.63) is 58.5 Å². The zero-order chi connectivity index (χ0) is 17.5. The summed E-state index contributed by atoms with van der Waals surface area (Å²) < 4.78 is 1.77. The largest absolute Gasteiger partial charge is 0.511 e. The van der Waals surface area contributed by atoms with Crippen LogP contribution in [0.5, 0.6) is 0 Å². The fraction of sp³-hybridized carbons (Fsp3) is 0.353. The number of aliphatic hydroxyl groups is 1. The second-order valence-corrected chi connectivity index (χ2v) is 7.52. The molecule has 1 aromatic heterocycles. The van der Waals surface area contributed by atoms with Gasteiger partial charge >= 0.3 is 0 Å². The Bertz CT molecular complexity index is 690. The fourth-order valence-electron chi connectivity index (χ4n) is 2.13. The van der Waals surface area contributed by atoms with Gasteiger partial charge in [0.05, 0.1) is 22.4 Å². The molecule has 1 unspecified atom stereocenters. The molecule has 130 valence electrons. The van der Waals surface area contributed by atoms with Gasteiger partial charge in [-0.25, -0.2) is 4.68 Å². The molecule has 1 aromatic carbocycles. The van der Waals surface area contributed by atoms with E-state index in [-0.39, 0.29) is 11.8 Å². The number of thioether (sulfide) groups is 1. The van der Waals surface area contributed by atoms with Crippen molar-refractivity contribution < 1.29 is 5.11 Å². The molecule has 24 heavy (non-hydrogen) atoms. The highest BCUT2D eigenvalue weighted by molar-refractivity contribution is 7.99. The Labute approximate surface area is 156 Å². The predicted molar refractivity (Wildman–Crippen MR) is 104 cm³/mol. The van der Waals surface area contributed by atoms with Crippen molar-refractivity contribution in [1.82, 2.24) is 9.78 Å². The highest BCUT2D eigenvalue weighted by atomic mass is 35.5. The Morgan fingerprint density at radius 1 is 1.33 bits per heavy atom. The molecule has 7 heteroatoms. The number of aromatic nitrogens is 2. The predicted octanol–water partition coefficient (Wildman–Crippen LogP) is 4.63. The van der Waals surface area contributed by atoms with E-state index in [2.05, 4.69) is 11.7 Å². The molecule has 1 heterocycles. The van der Waals surface area contributed by atoms with E-state index in [1.165, 1.54) is 0 Å². The van der Waals surface area contributed by atoms with Gasteiger partial charge in [-0.15, -0.1) is 0 Å². The van der Waals surface area contributed by atoms with E-state index in [0.717, 1.165) is 42.1 Å². The van der Waals surface area contributed by atoms with Gasteiger partial charge in [-0.3, -0.25) is 0 Å². The van der Waals surface area contributed by atoms with Crippen LogP contribution in [0.2, 0.25) is 10.0 Å². The maximum atomic E-state index is 9.15. The lowest BCUT2D eigenvalue weighted by Crippen LogP contribution is -2.22. The van der Waals surface area contributed by atoms with Gasteiger partial charge in [0.1, 0.15) is 5.76 Å². The van der Waals surface area contributed by atoms with Crippen LogP contribution in [0.3, 0.4) is 0 Å². The standard InChI is InChI=1S/C17H21Cl2N3OS/c1-12(23)16(20)7-10-24-9-2-3-14-6-8-22(21-14)17-5-4-13(18)11-15(17)19/h4-6,8,11,16,23H,1-3,7,9-10,20H2. The van der Waals surface area contributed by atoms with Crippen LogP contribution >= 0.6 is 35.0 Å². The molecular weight excluding hydrogens is 365 g/mol. The SMILES string of the molecule is C=C(O)C(N)CCSCCCc1ccn(-c2ccc(Cl)cc2Cl)n1. The minimum absolute atomic E-state index is 0.0574. The van der Waals surface area contributed by atoms with Crippen LogP contribution < -0.4 is 5.73 Å². The van der Waals surface area contributed by atoms with Crippen molar-refractivity contribution in [3.8, 4) is 5.69 Å². The molecule has 0 amide bonds. The van der Waals surface area contributed by atoms with E-state index in [0.29, 0.717) is 10.0 Å². The van der Waals surface area contributed by atoms with E-state index in [4.69, 9.17) is 34.0 Å². The molecule has 0 saturated carbocycles. The molecule has 0 radical (unpaired) electrons. The second-order valence-electron chi connectivity index (χ2n) is 5.45. The van der Waals surface area contributed by atoms with Gasteiger partial charge < -0.3 is 10.8 Å². The molecule has 2 aromatic rings. The minimum Gasteiger partial charge on any atom is -0.511 e. The third kappa shape index (κ3) is 5.74. The van der Waals surface area contributed by atoms with Crippen molar-refractivity contribution in [2.24, 2.45) is 5.73 Å². The van der Waals surface area contributed by atoms with Crippen molar-refractivity contribution in [2.75, 3.05) is 11.5 Å². The van der Waals surface area contributed by atoms with Crippen LogP contribution in [-0.2, 0) is 6.42 Å². The number of aliphatic hydroxyl groups excluding tert-OH is 1. The molecule has 0 bridgehead atoms. The van der Waals surface area contributed by atoms with E-state index in [1.807, 2.05) is 30.1 Å². The van der Waals surface area contributed by atoms with E-state index >= 15 is 0 Å². The summed E-state index contributed by atoms with van der Waals surface area (Å²) in [4.78, 5) is 0. The molecular formula is C17H21Cl2N3OS. The van der Waals surface area contributed by atoms with E-state index in [9.17, 15) is 0 Å². The summed E-state index contributed by atoms with van der Waals surface area (Å²) in [7, 11) is 0. The smallest absolute Gasteiger partial charge is 0.102 e. The van der Waals surface area contributed by atoms with Crippen LogP contribution in [0.25, 0.3) is 5.69 Å². The number of nitrogens with two attached hydrogens (primary N) is 1. The van der Waals surface area contributed by atoms with Gasteiger partial charge in [-0.2, -0.15) is 16.9 Å². The van der Waals surface area contributed by atoms with E-state index < -0.39 is 0 Å². The zero-order valence-corrected chi connectivity index (χ0v) is 15.6. The molecule has 0 saturated heterocycles. The van der Waals surface area contributed by atoms with Crippen LogP contribution in [0.1, 0.15) is 18.5 Å². The summed E-state index contributed by atoms with van der Waals surface area (Å²) in [5, 5.41) is 14.9. The van der Waals surface area contributed by atoms with Gasteiger partial charge in [0.15, 0.2) is 0 Å². The molecule has 0 aliphatic heterocycles. The van der Waals surface area contributed by atoms with Crippen molar-refractivity contribution >= 4 is 35.0 Å². The van der Waals surface area contributed by atoms with Crippen molar-refractivity contribution in [3.63, 3.8) is 0 Å².